The second-order valence-corrected chi connectivity index (χ2v) is 6.75. The predicted octanol–water partition coefficient (Wildman–Crippen LogP) is 2.29. The van der Waals surface area contributed by atoms with Crippen LogP contribution in [0.1, 0.15) is 32.8 Å². The molecule has 3 atom stereocenters. The smallest absolute Gasteiger partial charge is 0.412 e. The maximum Gasteiger partial charge on any atom is 0.412 e. The Morgan fingerprint density at radius 2 is 1.93 bits per heavy atom. The average molecular weight is 380 g/mol. The first-order valence-electron chi connectivity index (χ1n) is 9.03. The van der Waals surface area contributed by atoms with Crippen LogP contribution in [0.15, 0.2) is 18.2 Å². The molecular formula is C19H28N2O6. The SMILES string of the molecule is CCC(C)C(N)C(=O)OCOC(=O)N(C)C(C)Cc1ccc2c(c1)OCO2. The molecule has 150 valence electrons. The first-order chi connectivity index (χ1) is 12.8. The van der Waals surface area contributed by atoms with Crippen LogP contribution < -0.4 is 15.2 Å². The van der Waals surface area contributed by atoms with Crippen molar-refractivity contribution in [3.63, 3.8) is 0 Å². The lowest BCUT2D eigenvalue weighted by atomic mass is 10.0. The number of fused-ring (bicyclic) bond motifs is 1. The standard InChI is InChI=1S/C19H28N2O6/c1-5-12(2)17(20)18(22)26-11-27-19(23)21(4)13(3)8-14-6-7-15-16(9-14)25-10-24-15/h6-7,9,12-13,17H,5,8,10-11,20H2,1-4H3. The van der Waals surface area contributed by atoms with Gasteiger partial charge in [-0.15, -0.1) is 0 Å². The number of ether oxygens (including phenoxy) is 4. The Hall–Kier alpha value is -2.48. The lowest BCUT2D eigenvalue weighted by Gasteiger charge is -2.24. The molecule has 8 nitrogen and oxygen atoms in total. The van der Waals surface area contributed by atoms with Crippen LogP contribution in [0.2, 0.25) is 0 Å². The lowest BCUT2D eigenvalue weighted by molar-refractivity contribution is -0.155. The Balaban J connectivity index is 1.78. The van der Waals surface area contributed by atoms with E-state index in [0.717, 1.165) is 17.7 Å². The number of amides is 1. The molecule has 0 saturated heterocycles. The largest absolute Gasteiger partial charge is 0.454 e. The maximum atomic E-state index is 12.1. The van der Waals surface area contributed by atoms with Gasteiger partial charge in [0.05, 0.1) is 0 Å². The maximum absolute atomic E-state index is 12.1. The van der Waals surface area contributed by atoms with Gasteiger partial charge >= 0.3 is 12.1 Å². The first kappa shape index (κ1) is 20.8. The van der Waals surface area contributed by atoms with E-state index in [-0.39, 0.29) is 18.8 Å². The second kappa shape index (κ2) is 9.45. The molecule has 0 saturated carbocycles. The van der Waals surface area contributed by atoms with Gasteiger partial charge in [0.1, 0.15) is 6.04 Å². The van der Waals surface area contributed by atoms with Gasteiger partial charge in [-0.1, -0.05) is 26.3 Å². The lowest BCUT2D eigenvalue weighted by Crippen LogP contribution is -2.40. The molecule has 2 N–H and O–H groups in total. The zero-order valence-electron chi connectivity index (χ0n) is 16.3. The van der Waals surface area contributed by atoms with Crippen LogP contribution in [0.5, 0.6) is 11.5 Å². The van der Waals surface area contributed by atoms with Crippen molar-refractivity contribution >= 4 is 12.1 Å². The van der Waals surface area contributed by atoms with Crippen molar-refractivity contribution in [2.24, 2.45) is 11.7 Å². The molecule has 27 heavy (non-hydrogen) atoms. The molecule has 0 bridgehead atoms. The summed E-state index contributed by atoms with van der Waals surface area (Å²) in [6.07, 6.45) is 0.796. The van der Waals surface area contributed by atoms with Crippen molar-refractivity contribution in [3.05, 3.63) is 23.8 Å². The Labute approximate surface area is 159 Å². The molecule has 0 aromatic heterocycles. The number of carbonyl (C=O) groups is 2. The minimum Gasteiger partial charge on any atom is -0.454 e. The molecule has 1 aliphatic heterocycles. The molecule has 1 aliphatic rings. The van der Waals surface area contributed by atoms with Crippen LogP contribution in [0.3, 0.4) is 0 Å². The third-order valence-corrected chi connectivity index (χ3v) is 4.83. The Bertz CT molecular complexity index is 666. The molecule has 1 heterocycles. The van der Waals surface area contributed by atoms with Crippen molar-refractivity contribution in [1.29, 1.82) is 0 Å². The Kier molecular flexibility index (Phi) is 7.29. The topological polar surface area (TPSA) is 100 Å². The third kappa shape index (κ3) is 5.50. The number of likely N-dealkylation sites (N-methyl/N-ethyl adjacent to an activating group) is 1. The summed E-state index contributed by atoms with van der Waals surface area (Å²) in [5, 5.41) is 0. The normalized spacial score (nSPS) is 15.6. The van der Waals surface area contributed by atoms with Gasteiger partial charge in [-0.3, -0.25) is 4.79 Å². The zero-order chi connectivity index (χ0) is 20.0. The summed E-state index contributed by atoms with van der Waals surface area (Å²) >= 11 is 0. The number of hydrogen-bond donors (Lipinski definition) is 1. The molecule has 0 aliphatic carbocycles. The number of carbonyl (C=O) groups excluding carboxylic acids is 2. The first-order valence-corrected chi connectivity index (χ1v) is 9.03. The second-order valence-electron chi connectivity index (χ2n) is 6.75. The minimum atomic E-state index is -0.726. The van der Waals surface area contributed by atoms with Gasteiger partial charge < -0.3 is 29.6 Å². The van der Waals surface area contributed by atoms with Gasteiger partial charge in [0.25, 0.3) is 0 Å². The molecule has 1 aromatic rings. The highest BCUT2D eigenvalue weighted by atomic mass is 16.7. The van der Waals surface area contributed by atoms with Gasteiger partial charge in [-0.2, -0.15) is 0 Å². The summed E-state index contributed by atoms with van der Waals surface area (Å²) in [6, 6.07) is 4.83. The van der Waals surface area contributed by atoms with Crippen LogP contribution in [0, 0.1) is 5.92 Å². The van der Waals surface area contributed by atoms with E-state index in [4.69, 9.17) is 24.7 Å². The summed E-state index contributed by atoms with van der Waals surface area (Å²) in [4.78, 5) is 25.4. The van der Waals surface area contributed by atoms with E-state index in [1.54, 1.807) is 7.05 Å². The molecule has 3 unspecified atom stereocenters. The van der Waals surface area contributed by atoms with E-state index >= 15 is 0 Å². The number of nitrogens with zero attached hydrogens (tertiary/aromatic N) is 1. The molecule has 0 spiro atoms. The van der Waals surface area contributed by atoms with Gasteiger partial charge in [0.15, 0.2) is 11.5 Å². The highest BCUT2D eigenvalue weighted by molar-refractivity contribution is 5.76. The van der Waals surface area contributed by atoms with Crippen LogP contribution in [0.25, 0.3) is 0 Å². The Morgan fingerprint density at radius 1 is 1.22 bits per heavy atom. The van der Waals surface area contributed by atoms with Gasteiger partial charge in [0, 0.05) is 13.1 Å². The highest BCUT2D eigenvalue weighted by Crippen LogP contribution is 2.32. The molecule has 0 fully saturated rings. The quantitative estimate of drug-likeness (QED) is 0.545. The molecule has 1 aromatic carbocycles. The number of nitrogens with two attached hydrogens (primary N) is 1. The van der Waals surface area contributed by atoms with Gasteiger partial charge in [-0.05, 0) is 37.0 Å². The van der Waals surface area contributed by atoms with Crippen molar-refractivity contribution in [2.75, 3.05) is 20.6 Å². The summed E-state index contributed by atoms with van der Waals surface area (Å²) in [5.41, 5.74) is 6.79. The third-order valence-electron chi connectivity index (χ3n) is 4.83. The molecule has 2 rings (SSSR count). The summed E-state index contributed by atoms with van der Waals surface area (Å²) in [6.45, 7) is 5.47. The number of hydrogen-bond acceptors (Lipinski definition) is 7. The van der Waals surface area contributed by atoms with Crippen LogP contribution in [-0.2, 0) is 20.7 Å². The summed E-state index contributed by atoms with van der Waals surface area (Å²) in [7, 11) is 1.63. The van der Waals surface area contributed by atoms with E-state index in [0.29, 0.717) is 12.2 Å². The fraction of sp³-hybridized carbons (Fsp3) is 0.579. The predicted molar refractivity (Wildman–Crippen MR) is 98.4 cm³/mol. The summed E-state index contributed by atoms with van der Waals surface area (Å²) in [5.74, 6) is 0.844. The fourth-order valence-corrected chi connectivity index (χ4v) is 2.55. The van der Waals surface area contributed by atoms with Crippen molar-refractivity contribution < 1.29 is 28.5 Å². The summed E-state index contributed by atoms with van der Waals surface area (Å²) < 4.78 is 20.6. The molecule has 8 heteroatoms. The van der Waals surface area contributed by atoms with Gasteiger partial charge in [-0.25, -0.2) is 4.79 Å². The average Bonchev–Trinajstić information content (AvgIpc) is 3.13. The highest BCUT2D eigenvalue weighted by Gasteiger charge is 2.23. The van der Waals surface area contributed by atoms with E-state index in [1.807, 2.05) is 39.0 Å². The molecular weight excluding hydrogens is 352 g/mol. The van der Waals surface area contributed by atoms with Gasteiger partial charge in [0.2, 0.25) is 13.6 Å². The van der Waals surface area contributed by atoms with E-state index in [9.17, 15) is 9.59 Å². The van der Waals surface area contributed by atoms with E-state index < -0.39 is 24.9 Å². The van der Waals surface area contributed by atoms with E-state index in [2.05, 4.69) is 0 Å². The molecule has 1 amide bonds. The van der Waals surface area contributed by atoms with E-state index in [1.165, 1.54) is 4.90 Å². The van der Waals surface area contributed by atoms with Crippen molar-refractivity contribution in [1.82, 2.24) is 4.90 Å². The zero-order valence-corrected chi connectivity index (χ0v) is 16.3. The Morgan fingerprint density at radius 3 is 2.63 bits per heavy atom. The monoisotopic (exact) mass is 380 g/mol. The van der Waals surface area contributed by atoms with Crippen LogP contribution in [0.4, 0.5) is 4.79 Å². The van der Waals surface area contributed by atoms with Crippen molar-refractivity contribution in [3.8, 4) is 11.5 Å². The number of esters is 1. The number of rotatable bonds is 8. The van der Waals surface area contributed by atoms with Crippen molar-refractivity contribution in [2.45, 2.75) is 45.7 Å². The fourth-order valence-electron chi connectivity index (χ4n) is 2.55. The van der Waals surface area contributed by atoms with Crippen LogP contribution in [-0.4, -0.2) is 49.7 Å². The van der Waals surface area contributed by atoms with Crippen LogP contribution >= 0.6 is 0 Å². The number of benzene rings is 1. The minimum absolute atomic E-state index is 0.00222. The molecule has 0 radical (unpaired) electrons.